The minimum atomic E-state index is -1.84. The summed E-state index contributed by atoms with van der Waals surface area (Å²) in [6.07, 6.45) is 56.5. The molecular weight excluding hydrogens is 795 g/mol. The lowest BCUT2D eigenvalue weighted by molar-refractivity contribution is 0.257. The van der Waals surface area contributed by atoms with Crippen molar-refractivity contribution in [1.29, 1.82) is 0 Å². The Kier molecular flexibility index (Phi) is 11.3. The van der Waals surface area contributed by atoms with Gasteiger partial charge in [-0.2, -0.15) is 10.0 Å². The Morgan fingerprint density at radius 3 is 1.81 bits per heavy atom. The fourth-order valence-electron chi connectivity index (χ4n) is 11.3. The Bertz CT molecular complexity index is 2690. The maximum Gasteiger partial charge on any atom is 0.0583 e. The van der Waals surface area contributed by atoms with Crippen molar-refractivity contribution in [3.63, 3.8) is 0 Å². The van der Waals surface area contributed by atoms with Gasteiger partial charge in [-0.05, 0) is 115 Å². The highest BCUT2D eigenvalue weighted by Crippen LogP contribution is 2.74. The van der Waals surface area contributed by atoms with Gasteiger partial charge in [0.05, 0.1) is 18.1 Å². The van der Waals surface area contributed by atoms with E-state index in [1.165, 1.54) is 32.6 Å². The van der Waals surface area contributed by atoms with Gasteiger partial charge in [-0.1, -0.05) is 176 Å². The van der Waals surface area contributed by atoms with Crippen molar-refractivity contribution in [3.05, 3.63) is 253 Å². The maximum atomic E-state index is 2.74. The SMILES string of the molecule is C1=CCC(N(c2ccccc2)c2cc(N(c3ccccc3)c3ccccc3)cc(S(C3=CCCC=C3)(C3C=CC=CC3)C3C=CC4=C(C3)C3C=CC=CC3N4C3C=CC=CC3)c2)C=C1. The average molecular weight is 852 g/mol. The molecule has 7 unspecified atom stereocenters. The van der Waals surface area contributed by atoms with E-state index in [2.05, 4.69) is 251 Å². The molecule has 0 N–H and O–H groups in total. The number of para-hydroxylation sites is 3. The van der Waals surface area contributed by atoms with Crippen LogP contribution in [0.4, 0.5) is 28.4 Å². The van der Waals surface area contributed by atoms with Crippen molar-refractivity contribution in [2.75, 3.05) is 9.80 Å². The third kappa shape index (κ3) is 7.38. The number of nitrogens with zero attached hydrogens (tertiary/aromatic N) is 3. The molecule has 7 atom stereocenters. The number of benzene rings is 4. The van der Waals surface area contributed by atoms with Crippen LogP contribution in [0, 0.1) is 5.92 Å². The standard InChI is InChI=1S/C60H57N3S/c1-8-24-46(25-9-1)61(47-26-10-2-11-27-47)51-42-52(62(48-28-12-3-13-29-48)49-30-14-4-15-31-49)44-56(43-51)64(53-34-18-6-19-35-53,54-36-20-7-21-37-54)55-40-41-60-58(45-55)57-38-22-23-39-59(57)63(60)50-32-16-5-17-33-50/h1-6,8-20,22-30,32,34,36-44,49-50,53,55,57,59H,7,21,31,33,35,45H2. The van der Waals surface area contributed by atoms with Gasteiger partial charge in [0.2, 0.25) is 0 Å². The molecule has 64 heavy (non-hydrogen) atoms. The Morgan fingerprint density at radius 2 is 1.16 bits per heavy atom. The van der Waals surface area contributed by atoms with E-state index in [1.54, 1.807) is 5.57 Å². The van der Waals surface area contributed by atoms with Gasteiger partial charge in [0.25, 0.3) is 0 Å². The predicted molar refractivity (Wildman–Crippen MR) is 274 cm³/mol. The normalized spacial score (nSPS) is 26.4. The summed E-state index contributed by atoms with van der Waals surface area (Å²) < 4.78 is 0. The number of anilines is 5. The number of hydrogen-bond donors (Lipinski definition) is 0. The summed E-state index contributed by atoms with van der Waals surface area (Å²) in [5, 5.41) is 0.577. The van der Waals surface area contributed by atoms with Gasteiger partial charge in [0.1, 0.15) is 0 Å². The molecule has 7 aliphatic rings. The third-order valence-corrected chi connectivity index (χ3v) is 18.7. The maximum absolute atomic E-state index is 2.74. The monoisotopic (exact) mass is 851 g/mol. The molecule has 4 heteroatoms. The van der Waals surface area contributed by atoms with Gasteiger partial charge in [-0.15, -0.1) is 0 Å². The minimum absolute atomic E-state index is 0.159. The topological polar surface area (TPSA) is 9.72 Å². The molecule has 4 aromatic carbocycles. The molecule has 0 fully saturated rings. The molecule has 318 valence electrons. The number of rotatable bonds is 11. The van der Waals surface area contributed by atoms with Crippen LogP contribution >= 0.6 is 10.0 Å². The molecule has 11 rings (SSSR count). The number of fused-ring (bicyclic) bond motifs is 2. The van der Waals surface area contributed by atoms with Crippen LogP contribution in [0.2, 0.25) is 0 Å². The highest BCUT2D eigenvalue weighted by molar-refractivity contribution is 8.38. The fraction of sp³-hybridized carbons (Fsp3) is 0.200. The minimum Gasteiger partial charge on any atom is -0.357 e. The van der Waals surface area contributed by atoms with Crippen molar-refractivity contribution in [1.82, 2.24) is 4.90 Å². The van der Waals surface area contributed by atoms with E-state index in [1.807, 2.05) is 0 Å². The van der Waals surface area contributed by atoms with Gasteiger partial charge in [-0.25, -0.2) is 0 Å². The summed E-state index contributed by atoms with van der Waals surface area (Å²) in [5.41, 5.74) is 8.94. The van der Waals surface area contributed by atoms with Crippen molar-refractivity contribution in [2.45, 2.75) is 72.0 Å². The largest absolute Gasteiger partial charge is 0.357 e. The fourth-order valence-corrected chi connectivity index (χ4v) is 16.3. The van der Waals surface area contributed by atoms with E-state index in [0.717, 1.165) is 49.9 Å². The smallest absolute Gasteiger partial charge is 0.0583 e. The van der Waals surface area contributed by atoms with Crippen molar-refractivity contribution in [3.8, 4) is 0 Å². The molecule has 6 aliphatic carbocycles. The van der Waals surface area contributed by atoms with E-state index in [4.69, 9.17) is 0 Å². The lowest BCUT2D eigenvalue weighted by Crippen LogP contribution is -2.39. The lowest BCUT2D eigenvalue weighted by Gasteiger charge is -2.54. The van der Waals surface area contributed by atoms with Gasteiger partial charge in [0.15, 0.2) is 0 Å². The Labute approximate surface area is 382 Å². The first-order valence-corrected chi connectivity index (χ1v) is 25.2. The average Bonchev–Trinajstić information content (AvgIpc) is 3.70. The van der Waals surface area contributed by atoms with Crippen molar-refractivity contribution < 1.29 is 0 Å². The summed E-state index contributed by atoms with van der Waals surface area (Å²) in [6, 6.07) is 41.6. The zero-order valence-electron chi connectivity index (χ0n) is 36.5. The molecule has 0 aromatic heterocycles. The van der Waals surface area contributed by atoms with E-state index in [0.29, 0.717) is 23.3 Å². The molecule has 4 aromatic rings. The highest BCUT2D eigenvalue weighted by atomic mass is 32.3. The Morgan fingerprint density at radius 1 is 0.500 bits per heavy atom. The molecule has 0 radical (unpaired) electrons. The summed E-state index contributed by atoms with van der Waals surface area (Å²) >= 11 is 0. The molecule has 0 spiro atoms. The summed E-state index contributed by atoms with van der Waals surface area (Å²) in [4.78, 5) is 10.8. The zero-order chi connectivity index (χ0) is 42.7. The number of hydrogen-bond acceptors (Lipinski definition) is 3. The third-order valence-electron chi connectivity index (χ3n) is 14.0. The first-order valence-electron chi connectivity index (χ1n) is 23.4. The van der Waals surface area contributed by atoms with E-state index < -0.39 is 10.0 Å². The van der Waals surface area contributed by atoms with Crippen LogP contribution in [0.1, 0.15) is 38.5 Å². The first kappa shape index (κ1) is 40.3. The van der Waals surface area contributed by atoms with Crippen LogP contribution in [0.25, 0.3) is 0 Å². The summed E-state index contributed by atoms with van der Waals surface area (Å²) in [7, 11) is -1.84. The lowest BCUT2D eigenvalue weighted by atomic mass is 9.86. The van der Waals surface area contributed by atoms with E-state index in [-0.39, 0.29) is 11.3 Å². The van der Waals surface area contributed by atoms with Crippen LogP contribution in [0.3, 0.4) is 0 Å². The molecule has 0 saturated heterocycles. The molecule has 3 nitrogen and oxygen atoms in total. The van der Waals surface area contributed by atoms with Crippen LogP contribution < -0.4 is 9.80 Å². The van der Waals surface area contributed by atoms with Crippen LogP contribution in [0.15, 0.2) is 258 Å². The zero-order valence-corrected chi connectivity index (χ0v) is 37.3. The molecule has 1 aliphatic heterocycles. The quantitative estimate of drug-likeness (QED) is 0.149. The Hall–Kier alpha value is -6.49. The Balaban J connectivity index is 1.17. The van der Waals surface area contributed by atoms with Crippen molar-refractivity contribution in [2.24, 2.45) is 5.92 Å². The first-order chi connectivity index (χ1) is 31.8. The van der Waals surface area contributed by atoms with Crippen molar-refractivity contribution >= 4 is 38.5 Å². The second kappa shape index (κ2) is 17.9. The van der Waals surface area contributed by atoms with Crippen LogP contribution in [0.5, 0.6) is 0 Å². The number of allylic oxidation sites excluding steroid dienone is 13. The van der Waals surface area contributed by atoms with Gasteiger partial charge < -0.3 is 14.7 Å². The molecule has 1 heterocycles. The van der Waals surface area contributed by atoms with Crippen LogP contribution in [-0.2, 0) is 0 Å². The second-order valence-corrected chi connectivity index (χ2v) is 21.3. The molecule has 0 amide bonds. The summed E-state index contributed by atoms with van der Waals surface area (Å²) in [5.74, 6) is 0.356. The molecular formula is C60H57N3S. The van der Waals surface area contributed by atoms with Gasteiger partial charge >= 0.3 is 0 Å². The van der Waals surface area contributed by atoms with Gasteiger partial charge in [-0.3, -0.25) is 0 Å². The highest BCUT2D eigenvalue weighted by Gasteiger charge is 2.48. The summed E-state index contributed by atoms with van der Waals surface area (Å²) in [6.45, 7) is 0. The molecule has 0 saturated carbocycles. The molecule has 0 bridgehead atoms. The predicted octanol–water partition coefficient (Wildman–Crippen LogP) is 15.4. The van der Waals surface area contributed by atoms with E-state index in [9.17, 15) is 0 Å². The van der Waals surface area contributed by atoms with Crippen LogP contribution in [-0.4, -0.2) is 33.5 Å². The van der Waals surface area contributed by atoms with E-state index >= 15 is 0 Å². The second-order valence-electron chi connectivity index (χ2n) is 17.7. The van der Waals surface area contributed by atoms with Gasteiger partial charge in [0, 0.05) is 50.6 Å².